The lowest BCUT2D eigenvalue weighted by atomic mass is 10.1. The fourth-order valence-electron chi connectivity index (χ4n) is 2.55. The van der Waals surface area contributed by atoms with Crippen LogP contribution in [0.25, 0.3) is 0 Å². The van der Waals surface area contributed by atoms with Crippen LogP contribution in [0.2, 0.25) is 0 Å². The van der Waals surface area contributed by atoms with Gasteiger partial charge in [0.25, 0.3) is 0 Å². The van der Waals surface area contributed by atoms with Crippen molar-refractivity contribution in [3.8, 4) is 0 Å². The summed E-state index contributed by atoms with van der Waals surface area (Å²) < 4.78 is 0. The van der Waals surface area contributed by atoms with Gasteiger partial charge in [0.1, 0.15) is 0 Å². The van der Waals surface area contributed by atoms with Gasteiger partial charge in [-0.1, -0.05) is 65.2 Å². The highest BCUT2D eigenvalue weighted by atomic mass is 16.2. The van der Waals surface area contributed by atoms with Gasteiger partial charge in [-0.15, -0.1) is 0 Å². The molecule has 0 aromatic heterocycles. The predicted octanol–water partition coefficient (Wildman–Crippen LogP) is 3.72. The quantitative estimate of drug-likeness (QED) is 0.453. The van der Waals surface area contributed by atoms with Crippen molar-refractivity contribution in [1.82, 2.24) is 5.32 Å². The molecule has 0 saturated carbocycles. The molecule has 0 bridgehead atoms. The van der Waals surface area contributed by atoms with Crippen molar-refractivity contribution in [3.63, 3.8) is 0 Å². The van der Waals surface area contributed by atoms with Crippen molar-refractivity contribution in [2.75, 3.05) is 6.54 Å². The van der Waals surface area contributed by atoms with E-state index >= 15 is 0 Å². The maximum absolute atomic E-state index is 11.8. The largest absolute Gasteiger partial charge is 0.345 e. The van der Waals surface area contributed by atoms with Gasteiger partial charge >= 0.3 is 0 Å². The lowest BCUT2D eigenvalue weighted by Crippen LogP contribution is -2.45. The van der Waals surface area contributed by atoms with Crippen LogP contribution in [0.4, 0.5) is 0 Å². The maximum Gasteiger partial charge on any atom is 0.220 e. The second kappa shape index (κ2) is 15.0. The second-order valence-electron chi connectivity index (χ2n) is 6.15. The van der Waals surface area contributed by atoms with Crippen LogP contribution in [-0.4, -0.2) is 24.3 Å². The number of amides is 1. The first-order valence-electron chi connectivity index (χ1n) is 9.17. The first-order chi connectivity index (χ1) is 10.7. The zero-order valence-corrected chi connectivity index (χ0v) is 14.7. The van der Waals surface area contributed by atoms with Crippen molar-refractivity contribution in [1.29, 1.82) is 0 Å². The molecule has 0 aromatic carbocycles. The summed E-state index contributed by atoms with van der Waals surface area (Å²) in [4.78, 5) is 23.5. The average molecular weight is 312 g/mol. The summed E-state index contributed by atoms with van der Waals surface area (Å²) in [6.45, 7) is 4.38. The molecule has 1 amide bonds. The SMILES string of the molecule is CCCCCCCCCCCC(=O)NC(CN)C(=O)CCC. The van der Waals surface area contributed by atoms with Crippen LogP contribution in [-0.2, 0) is 9.59 Å². The van der Waals surface area contributed by atoms with Gasteiger partial charge in [0.05, 0.1) is 6.04 Å². The summed E-state index contributed by atoms with van der Waals surface area (Å²) in [5.41, 5.74) is 5.56. The number of unbranched alkanes of at least 4 members (excludes halogenated alkanes) is 8. The summed E-state index contributed by atoms with van der Waals surface area (Å²) in [5, 5.41) is 2.76. The van der Waals surface area contributed by atoms with Crippen LogP contribution in [0.3, 0.4) is 0 Å². The van der Waals surface area contributed by atoms with E-state index < -0.39 is 6.04 Å². The molecule has 0 aromatic rings. The van der Waals surface area contributed by atoms with E-state index in [2.05, 4.69) is 12.2 Å². The molecule has 0 aliphatic heterocycles. The molecule has 4 heteroatoms. The Morgan fingerprint density at radius 1 is 0.818 bits per heavy atom. The number of nitrogens with one attached hydrogen (secondary N) is 1. The zero-order valence-electron chi connectivity index (χ0n) is 14.7. The van der Waals surface area contributed by atoms with Crippen LogP contribution in [0, 0.1) is 0 Å². The van der Waals surface area contributed by atoms with Gasteiger partial charge in [0.15, 0.2) is 5.78 Å². The Labute approximate surface area is 136 Å². The molecule has 0 aliphatic rings. The third-order valence-electron chi connectivity index (χ3n) is 3.96. The molecule has 0 saturated heterocycles. The molecular weight excluding hydrogens is 276 g/mol. The maximum atomic E-state index is 11.8. The lowest BCUT2D eigenvalue weighted by Gasteiger charge is -2.15. The summed E-state index contributed by atoms with van der Waals surface area (Å²) in [6, 6.07) is -0.494. The topological polar surface area (TPSA) is 72.2 Å². The normalized spacial score (nSPS) is 12.1. The highest BCUT2D eigenvalue weighted by Gasteiger charge is 2.17. The summed E-state index contributed by atoms with van der Waals surface area (Å²) in [6.07, 6.45) is 12.9. The molecule has 22 heavy (non-hydrogen) atoms. The van der Waals surface area contributed by atoms with E-state index in [0.29, 0.717) is 12.8 Å². The fraction of sp³-hybridized carbons (Fsp3) is 0.889. The Kier molecular flexibility index (Phi) is 14.4. The van der Waals surface area contributed by atoms with E-state index in [1.807, 2.05) is 6.92 Å². The first kappa shape index (κ1) is 21.1. The van der Waals surface area contributed by atoms with Gasteiger partial charge in [-0.3, -0.25) is 9.59 Å². The molecule has 4 nitrogen and oxygen atoms in total. The first-order valence-corrected chi connectivity index (χ1v) is 9.17. The fourth-order valence-corrected chi connectivity index (χ4v) is 2.55. The van der Waals surface area contributed by atoms with Crippen molar-refractivity contribution < 1.29 is 9.59 Å². The van der Waals surface area contributed by atoms with E-state index in [1.165, 1.54) is 44.9 Å². The number of Topliss-reactive ketones (excluding diaryl/α,β-unsaturated/α-hetero) is 1. The van der Waals surface area contributed by atoms with Crippen LogP contribution in [0.15, 0.2) is 0 Å². The number of hydrogen-bond donors (Lipinski definition) is 2. The van der Waals surface area contributed by atoms with Crippen molar-refractivity contribution in [3.05, 3.63) is 0 Å². The third-order valence-corrected chi connectivity index (χ3v) is 3.96. The Morgan fingerprint density at radius 2 is 1.36 bits per heavy atom. The Hall–Kier alpha value is -0.900. The van der Waals surface area contributed by atoms with Gasteiger partial charge in [-0.05, 0) is 12.8 Å². The van der Waals surface area contributed by atoms with Gasteiger partial charge in [-0.2, -0.15) is 0 Å². The second-order valence-corrected chi connectivity index (χ2v) is 6.15. The van der Waals surface area contributed by atoms with E-state index in [1.54, 1.807) is 0 Å². The Bertz CT molecular complexity index is 293. The van der Waals surface area contributed by atoms with E-state index in [4.69, 9.17) is 5.73 Å². The smallest absolute Gasteiger partial charge is 0.220 e. The van der Waals surface area contributed by atoms with Crippen molar-refractivity contribution in [2.45, 2.75) is 96.9 Å². The number of hydrogen-bond acceptors (Lipinski definition) is 3. The number of carbonyl (C=O) groups excluding carboxylic acids is 2. The zero-order chi connectivity index (χ0) is 16.6. The van der Waals surface area contributed by atoms with E-state index in [0.717, 1.165) is 19.3 Å². The molecule has 3 N–H and O–H groups in total. The highest BCUT2D eigenvalue weighted by Crippen LogP contribution is 2.10. The average Bonchev–Trinajstić information content (AvgIpc) is 2.51. The Morgan fingerprint density at radius 3 is 1.86 bits per heavy atom. The summed E-state index contributed by atoms with van der Waals surface area (Å²) >= 11 is 0. The molecule has 0 heterocycles. The Balaban J connectivity index is 3.58. The number of carbonyl (C=O) groups is 2. The van der Waals surface area contributed by atoms with Crippen molar-refractivity contribution >= 4 is 11.7 Å². The van der Waals surface area contributed by atoms with Gasteiger partial charge in [0.2, 0.25) is 5.91 Å². The predicted molar refractivity (Wildman–Crippen MR) is 92.7 cm³/mol. The number of nitrogens with two attached hydrogens (primary N) is 1. The lowest BCUT2D eigenvalue weighted by molar-refractivity contribution is -0.127. The van der Waals surface area contributed by atoms with Gasteiger partial charge < -0.3 is 11.1 Å². The number of ketones is 1. The van der Waals surface area contributed by atoms with Crippen LogP contribution < -0.4 is 11.1 Å². The van der Waals surface area contributed by atoms with Gasteiger partial charge in [0, 0.05) is 19.4 Å². The molecule has 0 spiro atoms. The van der Waals surface area contributed by atoms with Crippen LogP contribution >= 0.6 is 0 Å². The monoisotopic (exact) mass is 312 g/mol. The van der Waals surface area contributed by atoms with Gasteiger partial charge in [-0.25, -0.2) is 0 Å². The molecule has 130 valence electrons. The molecule has 0 radical (unpaired) electrons. The molecule has 1 unspecified atom stereocenters. The standard InChI is InChI=1S/C18H36N2O2/c1-3-5-6-7-8-9-10-11-12-14-18(22)20-16(15-19)17(21)13-4-2/h16H,3-15,19H2,1-2H3,(H,20,22). The highest BCUT2D eigenvalue weighted by molar-refractivity contribution is 5.89. The minimum atomic E-state index is -0.494. The minimum absolute atomic E-state index is 0.0390. The van der Waals surface area contributed by atoms with E-state index in [-0.39, 0.29) is 18.2 Å². The molecule has 0 aliphatic carbocycles. The van der Waals surface area contributed by atoms with Crippen molar-refractivity contribution in [2.24, 2.45) is 5.73 Å². The minimum Gasteiger partial charge on any atom is -0.345 e. The van der Waals surface area contributed by atoms with E-state index in [9.17, 15) is 9.59 Å². The number of rotatable bonds is 15. The summed E-state index contributed by atoms with van der Waals surface area (Å²) in [7, 11) is 0. The molecular formula is C18H36N2O2. The third kappa shape index (κ3) is 11.7. The van der Waals surface area contributed by atoms with Crippen LogP contribution in [0.1, 0.15) is 90.9 Å². The molecule has 1 atom stereocenters. The van der Waals surface area contributed by atoms with Crippen LogP contribution in [0.5, 0.6) is 0 Å². The summed E-state index contributed by atoms with van der Waals surface area (Å²) in [5.74, 6) is 0.00766. The molecule has 0 rings (SSSR count). The molecule has 0 fully saturated rings.